The lowest BCUT2D eigenvalue weighted by Crippen LogP contribution is -2.16. The summed E-state index contributed by atoms with van der Waals surface area (Å²) in [6.07, 6.45) is 0.107. The van der Waals surface area contributed by atoms with E-state index in [1.54, 1.807) is 18.2 Å². The third-order valence-electron chi connectivity index (χ3n) is 3.78. The van der Waals surface area contributed by atoms with E-state index in [1.165, 1.54) is 39.5 Å². The van der Waals surface area contributed by atoms with Crippen LogP contribution in [0.25, 0.3) is 0 Å². The second-order valence-corrected chi connectivity index (χ2v) is 5.16. The predicted octanol–water partition coefficient (Wildman–Crippen LogP) is 3.26. The number of ether oxygens (including phenoxy) is 3. The quantitative estimate of drug-likeness (QED) is 0.842. The highest BCUT2D eigenvalue weighted by atomic mass is 19.1. The maximum absolute atomic E-state index is 13.6. The molecule has 1 atom stereocenters. The molecule has 5 nitrogen and oxygen atoms in total. The number of hydrogen-bond donors (Lipinski definition) is 1. The standard InChI is InChI=1S/C18H19FO5/c1-22-13-5-7-16(23-2)11(8-13)9-15(18(20)21)14-10-12(19)4-6-17(14)24-3/h4-8,10,15H,9H2,1-3H3,(H,20,21). The molecular weight excluding hydrogens is 315 g/mol. The summed E-state index contributed by atoms with van der Waals surface area (Å²) in [5.41, 5.74) is 0.922. The van der Waals surface area contributed by atoms with Gasteiger partial charge in [-0.3, -0.25) is 4.79 Å². The van der Waals surface area contributed by atoms with Gasteiger partial charge in [0, 0.05) is 5.56 Å². The van der Waals surface area contributed by atoms with E-state index in [4.69, 9.17) is 14.2 Å². The number of hydrogen-bond acceptors (Lipinski definition) is 4. The highest BCUT2D eigenvalue weighted by Crippen LogP contribution is 2.34. The zero-order valence-corrected chi connectivity index (χ0v) is 13.7. The summed E-state index contributed by atoms with van der Waals surface area (Å²) in [5, 5.41) is 9.64. The summed E-state index contributed by atoms with van der Waals surface area (Å²) >= 11 is 0. The Morgan fingerprint density at radius 3 is 2.29 bits per heavy atom. The molecule has 1 unspecified atom stereocenters. The van der Waals surface area contributed by atoms with Crippen LogP contribution in [-0.2, 0) is 11.2 Å². The van der Waals surface area contributed by atoms with Gasteiger partial charge in [-0.1, -0.05) is 0 Å². The zero-order valence-electron chi connectivity index (χ0n) is 13.7. The zero-order chi connectivity index (χ0) is 17.7. The molecule has 0 saturated carbocycles. The molecule has 2 aromatic carbocycles. The summed E-state index contributed by atoms with van der Waals surface area (Å²) < 4.78 is 29.3. The number of methoxy groups -OCH3 is 3. The number of rotatable bonds is 7. The smallest absolute Gasteiger partial charge is 0.311 e. The molecule has 1 N–H and O–H groups in total. The van der Waals surface area contributed by atoms with E-state index < -0.39 is 17.7 Å². The van der Waals surface area contributed by atoms with Gasteiger partial charge in [-0.2, -0.15) is 0 Å². The first kappa shape index (κ1) is 17.6. The Morgan fingerprint density at radius 2 is 1.71 bits per heavy atom. The van der Waals surface area contributed by atoms with E-state index in [0.717, 1.165) is 0 Å². The van der Waals surface area contributed by atoms with Gasteiger partial charge in [-0.25, -0.2) is 4.39 Å². The van der Waals surface area contributed by atoms with Gasteiger partial charge < -0.3 is 19.3 Å². The summed E-state index contributed by atoms with van der Waals surface area (Å²) in [6, 6.07) is 8.97. The first-order chi connectivity index (χ1) is 11.5. The molecule has 0 aliphatic rings. The number of carboxylic acids is 1. The van der Waals surface area contributed by atoms with Crippen molar-refractivity contribution >= 4 is 5.97 Å². The molecule has 2 rings (SSSR count). The lowest BCUT2D eigenvalue weighted by atomic mass is 9.90. The third kappa shape index (κ3) is 3.76. The minimum absolute atomic E-state index is 0.107. The van der Waals surface area contributed by atoms with Crippen molar-refractivity contribution in [3.63, 3.8) is 0 Å². The van der Waals surface area contributed by atoms with Gasteiger partial charge in [0.2, 0.25) is 0 Å². The second-order valence-electron chi connectivity index (χ2n) is 5.16. The van der Waals surface area contributed by atoms with Crippen LogP contribution < -0.4 is 14.2 Å². The molecule has 24 heavy (non-hydrogen) atoms. The molecule has 0 heterocycles. The SMILES string of the molecule is COc1ccc(OC)c(CC(C(=O)O)c2cc(F)ccc2OC)c1. The maximum Gasteiger partial charge on any atom is 0.311 e. The number of halogens is 1. The molecule has 0 spiro atoms. The Morgan fingerprint density at radius 1 is 1.04 bits per heavy atom. The van der Waals surface area contributed by atoms with Gasteiger partial charge in [-0.15, -0.1) is 0 Å². The Kier molecular flexibility index (Phi) is 5.63. The van der Waals surface area contributed by atoms with Crippen LogP contribution in [0.2, 0.25) is 0 Å². The highest BCUT2D eigenvalue weighted by Gasteiger charge is 2.26. The van der Waals surface area contributed by atoms with Crippen LogP contribution >= 0.6 is 0 Å². The van der Waals surface area contributed by atoms with Crippen molar-refractivity contribution in [1.82, 2.24) is 0 Å². The Balaban J connectivity index is 2.47. The third-order valence-corrected chi connectivity index (χ3v) is 3.78. The van der Waals surface area contributed by atoms with Crippen molar-refractivity contribution in [3.8, 4) is 17.2 Å². The van der Waals surface area contributed by atoms with Crippen molar-refractivity contribution in [1.29, 1.82) is 0 Å². The van der Waals surface area contributed by atoms with Crippen LogP contribution in [0.15, 0.2) is 36.4 Å². The van der Waals surface area contributed by atoms with Crippen LogP contribution in [0.5, 0.6) is 17.2 Å². The fraction of sp³-hybridized carbons (Fsp3) is 0.278. The lowest BCUT2D eigenvalue weighted by Gasteiger charge is -2.18. The number of benzene rings is 2. The normalized spacial score (nSPS) is 11.7. The molecule has 0 aliphatic carbocycles. The Bertz CT molecular complexity index is 729. The summed E-state index contributed by atoms with van der Waals surface area (Å²) in [5.74, 6) is -1.14. The maximum atomic E-state index is 13.6. The molecule has 128 valence electrons. The highest BCUT2D eigenvalue weighted by molar-refractivity contribution is 5.78. The molecule has 0 radical (unpaired) electrons. The van der Waals surface area contributed by atoms with Crippen molar-refractivity contribution in [3.05, 3.63) is 53.3 Å². The molecule has 0 saturated heterocycles. The van der Waals surface area contributed by atoms with Crippen LogP contribution in [0.1, 0.15) is 17.0 Å². The van der Waals surface area contributed by atoms with Crippen molar-refractivity contribution in [2.24, 2.45) is 0 Å². The number of aliphatic carboxylic acids is 1. The van der Waals surface area contributed by atoms with E-state index in [2.05, 4.69) is 0 Å². The van der Waals surface area contributed by atoms with E-state index in [-0.39, 0.29) is 12.0 Å². The molecule has 0 fully saturated rings. The van der Waals surface area contributed by atoms with Gasteiger partial charge in [0.05, 0.1) is 27.2 Å². The minimum Gasteiger partial charge on any atom is -0.497 e. The molecule has 0 bridgehead atoms. The minimum atomic E-state index is -1.08. The van der Waals surface area contributed by atoms with Gasteiger partial charge in [0.15, 0.2) is 0 Å². The molecule has 0 amide bonds. The molecule has 6 heteroatoms. The largest absolute Gasteiger partial charge is 0.497 e. The van der Waals surface area contributed by atoms with Crippen molar-refractivity contribution in [2.45, 2.75) is 12.3 Å². The van der Waals surface area contributed by atoms with Crippen LogP contribution in [0.3, 0.4) is 0 Å². The number of carbonyl (C=O) groups is 1. The van der Waals surface area contributed by atoms with Gasteiger partial charge in [0.25, 0.3) is 0 Å². The van der Waals surface area contributed by atoms with Crippen molar-refractivity contribution in [2.75, 3.05) is 21.3 Å². The second kappa shape index (κ2) is 7.68. The fourth-order valence-corrected chi connectivity index (χ4v) is 2.57. The van der Waals surface area contributed by atoms with Gasteiger partial charge in [0.1, 0.15) is 23.1 Å². The average Bonchev–Trinajstić information content (AvgIpc) is 2.59. The van der Waals surface area contributed by atoms with Crippen LogP contribution in [0, 0.1) is 5.82 Å². The topological polar surface area (TPSA) is 65.0 Å². The number of carboxylic acid groups (broad SMARTS) is 1. The summed E-state index contributed by atoms with van der Waals surface area (Å²) in [7, 11) is 4.45. The Labute approximate surface area is 139 Å². The molecular formula is C18H19FO5. The van der Waals surface area contributed by atoms with Gasteiger partial charge >= 0.3 is 5.97 Å². The first-order valence-corrected chi connectivity index (χ1v) is 7.27. The Hall–Kier alpha value is -2.76. The van der Waals surface area contributed by atoms with E-state index >= 15 is 0 Å². The van der Waals surface area contributed by atoms with Gasteiger partial charge in [-0.05, 0) is 48.4 Å². The van der Waals surface area contributed by atoms with Crippen molar-refractivity contribution < 1.29 is 28.5 Å². The average molecular weight is 334 g/mol. The fourth-order valence-electron chi connectivity index (χ4n) is 2.57. The summed E-state index contributed by atoms with van der Waals surface area (Å²) in [6.45, 7) is 0. The van der Waals surface area contributed by atoms with E-state index in [9.17, 15) is 14.3 Å². The van der Waals surface area contributed by atoms with Crippen LogP contribution in [0.4, 0.5) is 4.39 Å². The van der Waals surface area contributed by atoms with E-state index in [1.807, 2.05) is 0 Å². The molecule has 0 aromatic heterocycles. The predicted molar refractivity (Wildman–Crippen MR) is 86.6 cm³/mol. The molecule has 0 aliphatic heterocycles. The lowest BCUT2D eigenvalue weighted by molar-refractivity contribution is -0.138. The molecule has 2 aromatic rings. The first-order valence-electron chi connectivity index (χ1n) is 7.27. The van der Waals surface area contributed by atoms with Crippen LogP contribution in [-0.4, -0.2) is 32.4 Å². The van der Waals surface area contributed by atoms with E-state index in [0.29, 0.717) is 22.8 Å². The summed E-state index contributed by atoms with van der Waals surface area (Å²) in [4.78, 5) is 11.8. The monoisotopic (exact) mass is 334 g/mol.